The van der Waals surface area contributed by atoms with Crippen LogP contribution in [0.5, 0.6) is 0 Å². The topological polar surface area (TPSA) is 52.6 Å². The molecule has 0 aromatic carbocycles. The summed E-state index contributed by atoms with van der Waals surface area (Å²) in [7, 11) is 0. The molecule has 0 aliphatic rings. The van der Waals surface area contributed by atoms with Crippen molar-refractivity contribution in [2.45, 2.75) is 138 Å². The zero-order valence-electron chi connectivity index (χ0n) is 21.0. The quantitative estimate of drug-likeness (QED) is 0.250. The highest BCUT2D eigenvalue weighted by molar-refractivity contribution is 5.76. The number of rotatable bonds is 12. The normalized spacial score (nSPS) is 13.3. The van der Waals surface area contributed by atoms with Crippen LogP contribution < -0.4 is 0 Å². The zero-order chi connectivity index (χ0) is 22.9. The first-order valence-corrected chi connectivity index (χ1v) is 11.4. The highest BCUT2D eigenvalue weighted by Crippen LogP contribution is 2.29. The Bertz CT molecular complexity index is 458. The Morgan fingerprint density at radius 1 is 0.483 bits per heavy atom. The molecule has 0 spiro atoms. The molecule has 0 aliphatic carbocycles. The van der Waals surface area contributed by atoms with Gasteiger partial charge in [0, 0.05) is 0 Å². The maximum atomic E-state index is 12.3. The van der Waals surface area contributed by atoms with Crippen molar-refractivity contribution in [1.82, 2.24) is 0 Å². The van der Waals surface area contributed by atoms with E-state index in [1.54, 1.807) is 0 Å². The first-order valence-electron chi connectivity index (χ1n) is 11.4. The Balaban J connectivity index is 3.91. The SMILES string of the molecule is CC(C)(C)OC(=O)C(C)(C)CCCCCCCCCC(C)(C)C(=O)OC(C)(C)C. The van der Waals surface area contributed by atoms with Gasteiger partial charge in [-0.3, -0.25) is 9.59 Å². The van der Waals surface area contributed by atoms with E-state index in [2.05, 4.69) is 0 Å². The average molecular weight is 413 g/mol. The summed E-state index contributed by atoms with van der Waals surface area (Å²) in [5, 5.41) is 0. The highest BCUT2D eigenvalue weighted by Gasteiger charge is 2.32. The van der Waals surface area contributed by atoms with Crippen molar-refractivity contribution in [2.75, 3.05) is 0 Å². The maximum absolute atomic E-state index is 12.3. The lowest BCUT2D eigenvalue weighted by atomic mass is 9.86. The van der Waals surface area contributed by atoms with Crippen molar-refractivity contribution < 1.29 is 19.1 Å². The number of unbranched alkanes of at least 4 members (excludes halogenated alkanes) is 6. The van der Waals surface area contributed by atoms with E-state index in [0.29, 0.717) is 0 Å². The largest absolute Gasteiger partial charge is 0.460 e. The van der Waals surface area contributed by atoms with Crippen LogP contribution in [-0.4, -0.2) is 23.1 Å². The molecule has 0 aromatic heterocycles. The van der Waals surface area contributed by atoms with Gasteiger partial charge in [-0.2, -0.15) is 0 Å². The molecule has 0 fully saturated rings. The smallest absolute Gasteiger partial charge is 0.312 e. The molecular formula is C25H48O4. The monoisotopic (exact) mass is 412 g/mol. The number of hydrogen-bond acceptors (Lipinski definition) is 4. The number of esters is 2. The van der Waals surface area contributed by atoms with E-state index >= 15 is 0 Å². The van der Waals surface area contributed by atoms with Crippen molar-refractivity contribution in [3.63, 3.8) is 0 Å². The van der Waals surface area contributed by atoms with E-state index in [0.717, 1.165) is 38.5 Å². The Labute approximate surface area is 180 Å². The first kappa shape index (κ1) is 27.9. The van der Waals surface area contributed by atoms with Gasteiger partial charge in [0.1, 0.15) is 11.2 Å². The minimum atomic E-state index is -0.424. The van der Waals surface area contributed by atoms with Crippen LogP contribution in [0.15, 0.2) is 0 Å². The third-order valence-electron chi connectivity index (χ3n) is 5.01. The van der Waals surface area contributed by atoms with Crippen LogP contribution in [0.3, 0.4) is 0 Å². The summed E-state index contributed by atoms with van der Waals surface area (Å²) in [6.07, 6.45) is 9.73. The molecule has 0 amide bonds. The zero-order valence-corrected chi connectivity index (χ0v) is 21.0. The predicted octanol–water partition coefficient (Wildman–Crippen LogP) is 7.23. The number of carbonyl (C=O) groups excluding carboxylic acids is 2. The van der Waals surface area contributed by atoms with Gasteiger partial charge in [0.15, 0.2) is 0 Å². The minimum Gasteiger partial charge on any atom is -0.460 e. The second kappa shape index (κ2) is 11.4. The lowest BCUT2D eigenvalue weighted by Crippen LogP contribution is -2.33. The third kappa shape index (κ3) is 13.7. The fourth-order valence-electron chi connectivity index (χ4n) is 3.05. The molecule has 0 saturated carbocycles. The minimum absolute atomic E-state index is 0.0994. The maximum Gasteiger partial charge on any atom is 0.312 e. The van der Waals surface area contributed by atoms with Crippen molar-refractivity contribution in [1.29, 1.82) is 0 Å². The Morgan fingerprint density at radius 2 is 0.724 bits per heavy atom. The number of ether oxygens (including phenoxy) is 2. The van der Waals surface area contributed by atoms with Gasteiger partial charge >= 0.3 is 11.9 Å². The van der Waals surface area contributed by atoms with Crippen molar-refractivity contribution in [3.05, 3.63) is 0 Å². The standard InChI is InChI=1S/C25H48O4/c1-22(2,3)28-20(26)24(7,8)18-16-14-12-11-13-15-17-19-25(9,10)21(27)29-23(4,5)6/h11-19H2,1-10H3. The lowest BCUT2D eigenvalue weighted by molar-refractivity contribution is -0.167. The summed E-state index contributed by atoms with van der Waals surface area (Å²) in [5.41, 5.74) is -1.68. The van der Waals surface area contributed by atoms with E-state index in [-0.39, 0.29) is 11.9 Å². The molecule has 29 heavy (non-hydrogen) atoms. The van der Waals surface area contributed by atoms with Crippen LogP contribution >= 0.6 is 0 Å². The van der Waals surface area contributed by atoms with Gasteiger partial charge in [-0.05, 0) is 82.1 Å². The summed E-state index contributed by atoms with van der Waals surface area (Å²) >= 11 is 0. The Morgan fingerprint density at radius 3 is 0.966 bits per heavy atom. The van der Waals surface area contributed by atoms with Crippen molar-refractivity contribution in [3.8, 4) is 0 Å². The molecule has 0 rings (SSSR count). The van der Waals surface area contributed by atoms with Gasteiger partial charge in [0.25, 0.3) is 0 Å². The van der Waals surface area contributed by atoms with Crippen LogP contribution in [0, 0.1) is 10.8 Å². The van der Waals surface area contributed by atoms with E-state index in [1.807, 2.05) is 69.2 Å². The second-order valence-electron chi connectivity index (χ2n) is 11.7. The van der Waals surface area contributed by atoms with E-state index in [4.69, 9.17) is 9.47 Å². The molecule has 0 unspecified atom stereocenters. The average Bonchev–Trinajstić information content (AvgIpc) is 2.49. The molecule has 0 N–H and O–H groups in total. The van der Waals surface area contributed by atoms with Crippen molar-refractivity contribution >= 4 is 11.9 Å². The van der Waals surface area contributed by atoms with Gasteiger partial charge in [-0.25, -0.2) is 0 Å². The lowest BCUT2D eigenvalue weighted by Gasteiger charge is -2.28. The van der Waals surface area contributed by atoms with E-state index < -0.39 is 22.0 Å². The molecule has 0 bridgehead atoms. The second-order valence-corrected chi connectivity index (χ2v) is 11.7. The molecule has 4 nitrogen and oxygen atoms in total. The van der Waals surface area contributed by atoms with Crippen LogP contribution in [0.2, 0.25) is 0 Å². The fraction of sp³-hybridized carbons (Fsp3) is 0.920. The first-order chi connectivity index (χ1) is 13.0. The van der Waals surface area contributed by atoms with Gasteiger partial charge in [-0.1, -0.05) is 44.9 Å². The molecule has 0 aromatic rings. The third-order valence-corrected chi connectivity index (χ3v) is 5.01. The number of hydrogen-bond donors (Lipinski definition) is 0. The highest BCUT2D eigenvalue weighted by atomic mass is 16.6. The van der Waals surface area contributed by atoms with Crippen LogP contribution in [0.4, 0.5) is 0 Å². The van der Waals surface area contributed by atoms with Crippen LogP contribution in [0.25, 0.3) is 0 Å². The summed E-state index contributed by atoms with van der Waals surface area (Å²) in [6.45, 7) is 19.4. The molecule has 0 atom stereocenters. The predicted molar refractivity (Wildman–Crippen MR) is 121 cm³/mol. The molecule has 172 valence electrons. The summed E-state index contributed by atoms with van der Waals surface area (Å²) in [4.78, 5) is 24.5. The summed E-state index contributed by atoms with van der Waals surface area (Å²) < 4.78 is 11.0. The van der Waals surface area contributed by atoms with Gasteiger partial charge in [-0.15, -0.1) is 0 Å². The van der Waals surface area contributed by atoms with Crippen LogP contribution in [0.1, 0.15) is 127 Å². The Kier molecular flexibility index (Phi) is 10.9. The molecular weight excluding hydrogens is 364 g/mol. The molecule has 0 radical (unpaired) electrons. The summed E-state index contributed by atoms with van der Waals surface area (Å²) in [5.74, 6) is -0.199. The van der Waals surface area contributed by atoms with E-state index in [9.17, 15) is 9.59 Å². The summed E-state index contributed by atoms with van der Waals surface area (Å²) in [6, 6.07) is 0. The van der Waals surface area contributed by atoms with Gasteiger partial charge in [0.05, 0.1) is 10.8 Å². The van der Waals surface area contributed by atoms with E-state index in [1.165, 1.54) is 19.3 Å². The molecule has 0 heterocycles. The Hall–Kier alpha value is -1.06. The fourth-order valence-corrected chi connectivity index (χ4v) is 3.05. The number of carbonyl (C=O) groups is 2. The van der Waals surface area contributed by atoms with Gasteiger partial charge < -0.3 is 9.47 Å². The van der Waals surface area contributed by atoms with Gasteiger partial charge in [0.2, 0.25) is 0 Å². The van der Waals surface area contributed by atoms with Crippen LogP contribution in [-0.2, 0) is 19.1 Å². The molecule has 0 saturated heterocycles. The molecule has 4 heteroatoms. The molecule has 0 aliphatic heterocycles. The van der Waals surface area contributed by atoms with Crippen molar-refractivity contribution in [2.24, 2.45) is 10.8 Å².